The maximum absolute atomic E-state index is 12.0. The van der Waals surface area contributed by atoms with Gasteiger partial charge in [0, 0.05) is 13.0 Å². The van der Waals surface area contributed by atoms with Crippen LogP contribution < -0.4 is 11.1 Å². The summed E-state index contributed by atoms with van der Waals surface area (Å²) in [7, 11) is 0. The first-order chi connectivity index (χ1) is 10.1. The first kappa shape index (κ1) is 18.4. The standard InChI is InChI=1S/C17H34N2O2/c1-2-7-15(10-13-18)8-9-16(20)19-14-17(21)11-5-3-4-6-12-17/h15,21H,2-14,18H2,1H3,(H,19,20). The number of rotatable bonds is 9. The zero-order valence-corrected chi connectivity index (χ0v) is 13.7. The van der Waals surface area contributed by atoms with Crippen LogP contribution in [0.3, 0.4) is 0 Å². The van der Waals surface area contributed by atoms with Crippen molar-refractivity contribution in [1.29, 1.82) is 0 Å². The van der Waals surface area contributed by atoms with E-state index in [0.717, 1.165) is 51.4 Å². The molecule has 1 rings (SSSR count). The highest BCUT2D eigenvalue weighted by Crippen LogP contribution is 2.26. The van der Waals surface area contributed by atoms with E-state index in [1.807, 2.05) is 0 Å². The molecule has 0 heterocycles. The van der Waals surface area contributed by atoms with Gasteiger partial charge in [-0.05, 0) is 38.1 Å². The fraction of sp³-hybridized carbons (Fsp3) is 0.941. The maximum Gasteiger partial charge on any atom is 0.220 e. The van der Waals surface area contributed by atoms with Gasteiger partial charge in [0.25, 0.3) is 0 Å². The first-order valence-electron chi connectivity index (χ1n) is 8.79. The number of amides is 1. The molecule has 0 aromatic heterocycles. The van der Waals surface area contributed by atoms with Gasteiger partial charge in [0.15, 0.2) is 0 Å². The van der Waals surface area contributed by atoms with Gasteiger partial charge in [-0.25, -0.2) is 0 Å². The Morgan fingerprint density at radius 1 is 1.19 bits per heavy atom. The molecule has 4 N–H and O–H groups in total. The molecule has 4 heteroatoms. The van der Waals surface area contributed by atoms with Crippen LogP contribution >= 0.6 is 0 Å². The molecular formula is C17H34N2O2. The Morgan fingerprint density at radius 3 is 2.43 bits per heavy atom. The monoisotopic (exact) mass is 298 g/mol. The normalized spacial score (nSPS) is 19.8. The molecule has 0 spiro atoms. The molecule has 1 fully saturated rings. The molecule has 1 aliphatic rings. The highest BCUT2D eigenvalue weighted by Gasteiger charge is 2.28. The summed E-state index contributed by atoms with van der Waals surface area (Å²) >= 11 is 0. The number of hydrogen-bond acceptors (Lipinski definition) is 3. The third-order valence-electron chi connectivity index (χ3n) is 4.70. The molecule has 1 aliphatic carbocycles. The SMILES string of the molecule is CCCC(CCN)CCC(=O)NCC1(O)CCCCCC1. The van der Waals surface area contributed by atoms with E-state index in [2.05, 4.69) is 12.2 Å². The molecular weight excluding hydrogens is 264 g/mol. The average Bonchev–Trinajstić information content (AvgIpc) is 2.68. The van der Waals surface area contributed by atoms with Crippen molar-refractivity contribution >= 4 is 5.91 Å². The summed E-state index contributed by atoms with van der Waals surface area (Å²) in [6.07, 6.45) is 10.9. The van der Waals surface area contributed by atoms with E-state index in [1.54, 1.807) is 0 Å². The van der Waals surface area contributed by atoms with Crippen molar-refractivity contribution in [1.82, 2.24) is 5.32 Å². The Hall–Kier alpha value is -0.610. The van der Waals surface area contributed by atoms with Gasteiger partial charge < -0.3 is 16.2 Å². The van der Waals surface area contributed by atoms with Gasteiger partial charge in [0.1, 0.15) is 0 Å². The zero-order valence-electron chi connectivity index (χ0n) is 13.7. The van der Waals surface area contributed by atoms with Crippen molar-refractivity contribution in [2.24, 2.45) is 11.7 Å². The van der Waals surface area contributed by atoms with E-state index >= 15 is 0 Å². The van der Waals surface area contributed by atoms with Gasteiger partial charge in [-0.1, -0.05) is 45.4 Å². The number of carbonyl (C=O) groups excluding carboxylic acids is 1. The minimum absolute atomic E-state index is 0.0748. The molecule has 124 valence electrons. The molecule has 4 nitrogen and oxygen atoms in total. The average molecular weight is 298 g/mol. The largest absolute Gasteiger partial charge is 0.388 e. The van der Waals surface area contributed by atoms with E-state index < -0.39 is 5.60 Å². The van der Waals surface area contributed by atoms with Crippen LogP contribution in [0.4, 0.5) is 0 Å². The van der Waals surface area contributed by atoms with Crippen LogP contribution in [-0.4, -0.2) is 29.7 Å². The summed E-state index contributed by atoms with van der Waals surface area (Å²) in [5, 5.41) is 13.5. The van der Waals surface area contributed by atoms with Crippen LogP contribution in [0.15, 0.2) is 0 Å². The van der Waals surface area contributed by atoms with Crippen molar-refractivity contribution in [3.8, 4) is 0 Å². The van der Waals surface area contributed by atoms with Crippen LogP contribution in [-0.2, 0) is 4.79 Å². The number of nitrogens with one attached hydrogen (secondary N) is 1. The van der Waals surface area contributed by atoms with Gasteiger partial charge in [-0.2, -0.15) is 0 Å². The number of aliphatic hydroxyl groups is 1. The molecule has 0 aromatic carbocycles. The smallest absolute Gasteiger partial charge is 0.220 e. The van der Waals surface area contributed by atoms with Gasteiger partial charge in [-0.3, -0.25) is 4.79 Å². The molecule has 0 radical (unpaired) electrons. The maximum atomic E-state index is 12.0. The minimum atomic E-state index is -0.674. The molecule has 1 saturated carbocycles. The van der Waals surface area contributed by atoms with Crippen LogP contribution in [0.25, 0.3) is 0 Å². The Morgan fingerprint density at radius 2 is 1.86 bits per heavy atom. The van der Waals surface area contributed by atoms with E-state index in [1.165, 1.54) is 12.8 Å². The number of nitrogens with two attached hydrogens (primary N) is 1. The Bertz CT molecular complexity index is 281. The molecule has 1 unspecified atom stereocenters. The Balaban J connectivity index is 2.25. The van der Waals surface area contributed by atoms with Crippen molar-refractivity contribution in [3.05, 3.63) is 0 Å². The van der Waals surface area contributed by atoms with Gasteiger partial charge in [-0.15, -0.1) is 0 Å². The molecule has 0 aromatic rings. The van der Waals surface area contributed by atoms with Crippen LogP contribution in [0.2, 0.25) is 0 Å². The second kappa shape index (κ2) is 10.2. The zero-order chi connectivity index (χ0) is 15.6. The van der Waals surface area contributed by atoms with E-state index in [9.17, 15) is 9.90 Å². The van der Waals surface area contributed by atoms with Crippen LogP contribution in [0.1, 0.15) is 77.6 Å². The minimum Gasteiger partial charge on any atom is -0.388 e. The van der Waals surface area contributed by atoms with Crippen molar-refractivity contribution in [2.45, 2.75) is 83.2 Å². The van der Waals surface area contributed by atoms with Gasteiger partial charge in [0.2, 0.25) is 5.91 Å². The van der Waals surface area contributed by atoms with Crippen molar-refractivity contribution in [2.75, 3.05) is 13.1 Å². The van der Waals surface area contributed by atoms with E-state index in [0.29, 0.717) is 25.4 Å². The summed E-state index contributed by atoms with van der Waals surface area (Å²) in [6, 6.07) is 0. The summed E-state index contributed by atoms with van der Waals surface area (Å²) in [5.41, 5.74) is 4.95. The molecule has 0 bridgehead atoms. The van der Waals surface area contributed by atoms with Gasteiger partial charge in [0.05, 0.1) is 5.60 Å². The fourth-order valence-electron chi connectivity index (χ4n) is 3.33. The van der Waals surface area contributed by atoms with Crippen LogP contribution in [0, 0.1) is 5.92 Å². The lowest BCUT2D eigenvalue weighted by Crippen LogP contribution is -2.42. The molecule has 0 saturated heterocycles. The van der Waals surface area contributed by atoms with Crippen LogP contribution in [0.5, 0.6) is 0 Å². The molecule has 1 atom stereocenters. The first-order valence-corrected chi connectivity index (χ1v) is 8.79. The summed E-state index contributed by atoms with van der Waals surface area (Å²) in [5.74, 6) is 0.637. The lowest BCUT2D eigenvalue weighted by atomic mass is 9.93. The second-order valence-electron chi connectivity index (χ2n) is 6.69. The fourth-order valence-corrected chi connectivity index (χ4v) is 3.33. The summed E-state index contributed by atoms with van der Waals surface area (Å²) in [4.78, 5) is 12.0. The summed E-state index contributed by atoms with van der Waals surface area (Å²) < 4.78 is 0. The lowest BCUT2D eigenvalue weighted by Gasteiger charge is -2.27. The molecule has 21 heavy (non-hydrogen) atoms. The third kappa shape index (κ3) is 7.82. The lowest BCUT2D eigenvalue weighted by molar-refractivity contribution is -0.122. The number of hydrogen-bond donors (Lipinski definition) is 3. The molecule has 0 aliphatic heterocycles. The van der Waals surface area contributed by atoms with E-state index in [4.69, 9.17) is 5.73 Å². The molecule has 1 amide bonds. The van der Waals surface area contributed by atoms with Crippen molar-refractivity contribution in [3.63, 3.8) is 0 Å². The Kier molecular flexibility index (Phi) is 8.93. The summed E-state index contributed by atoms with van der Waals surface area (Å²) in [6.45, 7) is 3.29. The highest BCUT2D eigenvalue weighted by molar-refractivity contribution is 5.75. The highest BCUT2D eigenvalue weighted by atomic mass is 16.3. The Labute approximate surface area is 129 Å². The van der Waals surface area contributed by atoms with Crippen molar-refractivity contribution < 1.29 is 9.90 Å². The van der Waals surface area contributed by atoms with Gasteiger partial charge >= 0.3 is 0 Å². The second-order valence-corrected chi connectivity index (χ2v) is 6.69. The quantitative estimate of drug-likeness (QED) is 0.573. The predicted molar refractivity (Wildman–Crippen MR) is 87.0 cm³/mol. The predicted octanol–water partition coefficient (Wildman–Crippen LogP) is 2.73. The third-order valence-corrected chi connectivity index (χ3v) is 4.70. The number of carbonyl (C=O) groups is 1. The van der Waals surface area contributed by atoms with E-state index in [-0.39, 0.29) is 5.91 Å². The topological polar surface area (TPSA) is 75.4 Å².